The Morgan fingerprint density at radius 2 is 1.76 bits per heavy atom. The molecule has 0 spiro atoms. The van der Waals surface area contributed by atoms with E-state index in [1.807, 2.05) is 30.3 Å². The zero-order valence-corrected chi connectivity index (χ0v) is 9.90. The van der Waals surface area contributed by atoms with Crippen molar-refractivity contribution in [3.8, 4) is 11.1 Å². The Hall–Kier alpha value is -2.09. The molecule has 0 amide bonds. The van der Waals surface area contributed by atoms with Gasteiger partial charge in [-0.15, -0.1) is 0 Å². The first-order valence-corrected chi connectivity index (χ1v) is 5.75. The van der Waals surface area contributed by atoms with Gasteiger partial charge in [-0.25, -0.2) is 0 Å². The second-order valence-corrected chi connectivity index (χ2v) is 3.97. The summed E-state index contributed by atoms with van der Waals surface area (Å²) < 4.78 is 0. The lowest BCUT2D eigenvalue weighted by atomic mass is 9.92. The number of nitrogen functional groups attached to an aromatic ring is 1. The van der Waals surface area contributed by atoms with Crippen molar-refractivity contribution in [3.05, 3.63) is 59.7 Å². The summed E-state index contributed by atoms with van der Waals surface area (Å²) in [5.41, 5.74) is 9.91. The second-order valence-electron chi connectivity index (χ2n) is 3.97. The molecule has 2 heteroatoms. The number of rotatable bonds is 3. The third kappa shape index (κ3) is 2.21. The first-order valence-electron chi connectivity index (χ1n) is 5.75. The van der Waals surface area contributed by atoms with Crippen LogP contribution in [0.4, 0.5) is 0 Å². The minimum atomic E-state index is 0.124. The quantitative estimate of drug-likeness (QED) is 0.610. The Bertz CT molecular complexity index is 530. The van der Waals surface area contributed by atoms with Gasteiger partial charge < -0.3 is 5.73 Å². The Morgan fingerprint density at radius 3 is 2.35 bits per heavy atom. The molecule has 0 aliphatic carbocycles. The Morgan fingerprint density at radius 1 is 1.06 bits per heavy atom. The summed E-state index contributed by atoms with van der Waals surface area (Å²) >= 11 is 0. The molecule has 0 saturated carbocycles. The first kappa shape index (κ1) is 11.4. The smallest absolute Gasteiger partial charge is 0.123 e. The lowest BCUT2D eigenvalue weighted by Gasteiger charge is -2.13. The molecule has 3 N–H and O–H groups in total. The van der Waals surface area contributed by atoms with Gasteiger partial charge in [0, 0.05) is 5.56 Å². The fraction of sp³-hybridized carbons (Fsp3) is 0.133. The molecule has 2 aromatic rings. The van der Waals surface area contributed by atoms with E-state index in [2.05, 4.69) is 25.1 Å². The Balaban J connectivity index is 2.69. The van der Waals surface area contributed by atoms with Crippen molar-refractivity contribution in [2.24, 2.45) is 5.73 Å². The van der Waals surface area contributed by atoms with Gasteiger partial charge in [-0.1, -0.05) is 55.5 Å². The average Bonchev–Trinajstić information content (AvgIpc) is 2.38. The van der Waals surface area contributed by atoms with E-state index in [1.54, 1.807) is 0 Å². The highest BCUT2D eigenvalue weighted by Gasteiger charge is 2.10. The summed E-state index contributed by atoms with van der Waals surface area (Å²) in [6, 6.07) is 16.1. The van der Waals surface area contributed by atoms with Crippen molar-refractivity contribution in [1.82, 2.24) is 0 Å². The van der Waals surface area contributed by atoms with Crippen LogP contribution in [-0.4, -0.2) is 5.84 Å². The maximum Gasteiger partial charge on any atom is 0.123 e. The number of amidine groups is 1. The van der Waals surface area contributed by atoms with Gasteiger partial charge in [0.15, 0.2) is 0 Å². The molecule has 0 aliphatic rings. The minimum Gasteiger partial charge on any atom is -0.384 e. The molecule has 0 saturated heterocycles. The summed E-state index contributed by atoms with van der Waals surface area (Å²) in [7, 11) is 0. The van der Waals surface area contributed by atoms with E-state index in [0.717, 1.165) is 23.1 Å². The van der Waals surface area contributed by atoms with Gasteiger partial charge in [-0.2, -0.15) is 0 Å². The van der Waals surface area contributed by atoms with Gasteiger partial charge in [0.25, 0.3) is 0 Å². The molecule has 0 atom stereocenters. The third-order valence-electron chi connectivity index (χ3n) is 2.88. The van der Waals surface area contributed by atoms with E-state index in [1.165, 1.54) is 5.56 Å². The van der Waals surface area contributed by atoms with Crippen molar-refractivity contribution >= 4 is 5.84 Å². The number of hydrogen-bond acceptors (Lipinski definition) is 1. The molecule has 2 rings (SSSR count). The van der Waals surface area contributed by atoms with Crippen LogP contribution in [-0.2, 0) is 6.42 Å². The zero-order chi connectivity index (χ0) is 12.3. The molecular formula is C15H16N2. The van der Waals surface area contributed by atoms with E-state index in [-0.39, 0.29) is 5.84 Å². The highest BCUT2D eigenvalue weighted by Crippen LogP contribution is 2.27. The predicted molar refractivity (Wildman–Crippen MR) is 72.3 cm³/mol. The topological polar surface area (TPSA) is 49.9 Å². The SMILES string of the molecule is CCc1cccc(C(=N)N)c1-c1ccccc1. The highest BCUT2D eigenvalue weighted by atomic mass is 14.7. The lowest BCUT2D eigenvalue weighted by molar-refractivity contribution is 1.14. The molecule has 2 nitrogen and oxygen atoms in total. The molecular weight excluding hydrogens is 208 g/mol. The van der Waals surface area contributed by atoms with Gasteiger partial charge in [0.2, 0.25) is 0 Å². The molecule has 0 fully saturated rings. The first-order chi connectivity index (χ1) is 8.24. The van der Waals surface area contributed by atoms with Crippen LogP contribution in [0.3, 0.4) is 0 Å². The van der Waals surface area contributed by atoms with Crippen LogP contribution in [0.25, 0.3) is 11.1 Å². The van der Waals surface area contributed by atoms with Crippen LogP contribution >= 0.6 is 0 Å². The Kier molecular flexibility index (Phi) is 3.24. The van der Waals surface area contributed by atoms with Crippen molar-refractivity contribution in [2.75, 3.05) is 0 Å². The highest BCUT2D eigenvalue weighted by molar-refractivity contribution is 6.02. The Labute approximate surface area is 102 Å². The molecule has 17 heavy (non-hydrogen) atoms. The van der Waals surface area contributed by atoms with Crippen molar-refractivity contribution in [2.45, 2.75) is 13.3 Å². The van der Waals surface area contributed by atoms with Crippen molar-refractivity contribution in [1.29, 1.82) is 5.41 Å². The van der Waals surface area contributed by atoms with Gasteiger partial charge in [0.05, 0.1) is 0 Å². The van der Waals surface area contributed by atoms with Gasteiger partial charge in [0.1, 0.15) is 5.84 Å². The molecule has 0 radical (unpaired) electrons. The number of benzene rings is 2. The normalized spacial score (nSPS) is 10.2. The van der Waals surface area contributed by atoms with Crippen molar-refractivity contribution < 1.29 is 0 Å². The van der Waals surface area contributed by atoms with Crippen LogP contribution in [0.2, 0.25) is 0 Å². The van der Waals surface area contributed by atoms with Crippen LogP contribution in [0.15, 0.2) is 48.5 Å². The maximum atomic E-state index is 7.68. The van der Waals surface area contributed by atoms with Crippen LogP contribution in [0.5, 0.6) is 0 Å². The fourth-order valence-electron chi connectivity index (χ4n) is 2.06. The molecule has 86 valence electrons. The lowest BCUT2D eigenvalue weighted by Crippen LogP contribution is -2.13. The van der Waals surface area contributed by atoms with Crippen LogP contribution in [0, 0.1) is 5.41 Å². The number of aryl methyl sites for hydroxylation is 1. The minimum absolute atomic E-state index is 0.124. The van der Waals surface area contributed by atoms with Gasteiger partial charge >= 0.3 is 0 Å². The summed E-state index contributed by atoms with van der Waals surface area (Å²) in [5.74, 6) is 0.124. The number of nitrogens with two attached hydrogens (primary N) is 1. The van der Waals surface area contributed by atoms with E-state index in [4.69, 9.17) is 11.1 Å². The average molecular weight is 224 g/mol. The largest absolute Gasteiger partial charge is 0.384 e. The van der Waals surface area contributed by atoms with Crippen LogP contribution < -0.4 is 5.73 Å². The van der Waals surface area contributed by atoms with Crippen molar-refractivity contribution in [3.63, 3.8) is 0 Å². The molecule has 0 aliphatic heterocycles. The molecule has 0 heterocycles. The monoisotopic (exact) mass is 224 g/mol. The van der Waals surface area contributed by atoms with Gasteiger partial charge in [-0.05, 0) is 23.1 Å². The van der Waals surface area contributed by atoms with E-state index >= 15 is 0 Å². The second kappa shape index (κ2) is 4.83. The van der Waals surface area contributed by atoms with Gasteiger partial charge in [-0.3, -0.25) is 5.41 Å². The maximum absolute atomic E-state index is 7.68. The number of hydrogen-bond donors (Lipinski definition) is 2. The number of nitrogens with one attached hydrogen (secondary N) is 1. The van der Waals surface area contributed by atoms with E-state index in [0.29, 0.717) is 0 Å². The van der Waals surface area contributed by atoms with E-state index in [9.17, 15) is 0 Å². The van der Waals surface area contributed by atoms with E-state index < -0.39 is 0 Å². The predicted octanol–water partition coefficient (Wildman–Crippen LogP) is 3.20. The zero-order valence-electron chi connectivity index (χ0n) is 9.90. The standard InChI is InChI=1S/C15H16N2/c1-2-11-9-6-10-13(15(16)17)14(11)12-7-4-3-5-8-12/h3-10H,2H2,1H3,(H3,16,17). The summed E-state index contributed by atoms with van der Waals surface area (Å²) in [6.07, 6.45) is 0.936. The molecule has 0 aromatic heterocycles. The van der Waals surface area contributed by atoms with Crippen LogP contribution in [0.1, 0.15) is 18.1 Å². The third-order valence-corrected chi connectivity index (χ3v) is 2.88. The summed E-state index contributed by atoms with van der Waals surface area (Å²) in [5, 5.41) is 7.68. The molecule has 2 aromatic carbocycles. The summed E-state index contributed by atoms with van der Waals surface area (Å²) in [4.78, 5) is 0. The fourth-order valence-corrected chi connectivity index (χ4v) is 2.06. The molecule has 0 unspecified atom stereocenters. The molecule has 0 bridgehead atoms. The summed E-state index contributed by atoms with van der Waals surface area (Å²) in [6.45, 7) is 2.12.